The number of anilines is 1. The van der Waals surface area contributed by atoms with Crippen LogP contribution < -0.4 is 4.90 Å². The highest BCUT2D eigenvalue weighted by atomic mass is 35.5. The van der Waals surface area contributed by atoms with E-state index in [0.29, 0.717) is 10.6 Å². The van der Waals surface area contributed by atoms with E-state index in [9.17, 15) is 4.79 Å². The number of aliphatic hydroxyl groups excluding tert-OH is 1. The summed E-state index contributed by atoms with van der Waals surface area (Å²) >= 11 is 7.74. The molecule has 2 aromatic carbocycles. The Kier molecular flexibility index (Phi) is 5.00. The number of ketones is 1. The van der Waals surface area contributed by atoms with Gasteiger partial charge in [-0.1, -0.05) is 49.7 Å². The topological polar surface area (TPSA) is 53.4 Å². The first-order valence-electron chi connectivity index (χ1n) is 9.11. The summed E-state index contributed by atoms with van der Waals surface area (Å²) in [5, 5.41) is 12.9. The third kappa shape index (κ3) is 3.58. The Morgan fingerprint density at radius 1 is 1.29 bits per heavy atom. The minimum Gasteiger partial charge on any atom is -0.388 e. The number of hydrogen-bond donors (Lipinski definition) is 1. The fourth-order valence-corrected chi connectivity index (χ4v) is 4.78. The van der Waals surface area contributed by atoms with Crippen LogP contribution in [0.1, 0.15) is 35.3 Å². The predicted molar refractivity (Wildman–Crippen MR) is 114 cm³/mol. The largest absolute Gasteiger partial charge is 0.388 e. The van der Waals surface area contributed by atoms with Gasteiger partial charge in [-0.15, -0.1) is 11.3 Å². The smallest absolute Gasteiger partial charge is 0.188 e. The van der Waals surface area contributed by atoms with Crippen LogP contribution in [0.2, 0.25) is 5.02 Å². The summed E-state index contributed by atoms with van der Waals surface area (Å²) in [4.78, 5) is 19.0. The van der Waals surface area contributed by atoms with Crippen molar-refractivity contribution in [1.29, 1.82) is 0 Å². The monoisotopic (exact) mass is 412 g/mol. The molecular formula is C22H21ClN2O2S. The van der Waals surface area contributed by atoms with Gasteiger partial charge >= 0.3 is 0 Å². The van der Waals surface area contributed by atoms with Crippen LogP contribution in [0.4, 0.5) is 5.13 Å². The van der Waals surface area contributed by atoms with E-state index in [0.717, 1.165) is 35.0 Å². The third-order valence-electron chi connectivity index (χ3n) is 5.13. The Hall–Kier alpha value is -2.21. The predicted octanol–water partition coefficient (Wildman–Crippen LogP) is 4.94. The molecule has 1 aliphatic rings. The molecule has 0 spiro atoms. The maximum absolute atomic E-state index is 11.9. The molecule has 28 heavy (non-hydrogen) atoms. The lowest BCUT2D eigenvalue weighted by atomic mass is 9.77. The van der Waals surface area contributed by atoms with Gasteiger partial charge in [-0.3, -0.25) is 4.79 Å². The van der Waals surface area contributed by atoms with E-state index in [2.05, 4.69) is 24.1 Å². The second-order valence-electron chi connectivity index (χ2n) is 7.72. The van der Waals surface area contributed by atoms with Crippen molar-refractivity contribution in [3.05, 3.63) is 69.6 Å². The van der Waals surface area contributed by atoms with E-state index in [4.69, 9.17) is 21.7 Å². The number of Topliss-reactive ketones (excluding diaryl/α,β-unsaturated/α-hetero) is 1. The van der Waals surface area contributed by atoms with Gasteiger partial charge < -0.3 is 10.0 Å². The quantitative estimate of drug-likeness (QED) is 0.617. The molecule has 1 aliphatic heterocycles. The Morgan fingerprint density at radius 2 is 2.11 bits per heavy atom. The van der Waals surface area contributed by atoms with E-state index < -0.39 is 6.61 Å². The molecule has 0 amide bonds. The molecule has 0 fully saturated rings. The molecule has 0 bridgehead atoms. The Balaban J connectivity index is 1.65. The Morgan fingerprint density at radius 3 is 2.86 bits per heavy atom. The molecule has 0 radical (unpaired) electrons. The van der Waals surface area contributed by atoms with Crippen molar-refractivity contribution in [1.82, 2.24) is 4.98 Å². The van der Waals surface area contributed by atoms with Gasteiger partial charge in [0.05, 0.1) is 5.69 Å². The first-order valence-corrected chi connectivity index (χ1v) is 10.4. The van der Waals surface area contributed by atoms with Crippen molar-refractivity contribution in [2.75, 3.05) is 18.1 Å². The number of aromatic nitrogens is 1. The second-order valence-corrected chi connectivity index (χ2v) is 8.99. The molecule has 144 valence electrons. The van der Waals surface area contributed by atoms with Crippen molar-refractivity contribution in [2.45, 2.75) is 25.8 Å². The molecule has 1 N–H and O–H groups in total. The normalized spacial score (nSPS) is 15.4. The average molecular weight is 413 g/mol. The van der Waals surface area contributed by atoms with Gasteiger partial charge in [-0.05, 0) is 29.3 Å². The summed E-state index contributed by atoms with van der Waals surface area (Å²) in [6.45, 7) is 5.44. The standard InChI is InChI=1S/C22H21ClN2O2S/c1-22(2)13-25(10-16-7-6-15(9-18(16)22)20(27)11-26)21-24-19(12-28-21)14-4-3-5-17(23)8-14/h3-9,12,26H,10-11,13H2,1-2H3. The van der Waals surface area contributed by atoms with Crippen LogP contribution >= 0.6 is 22.9 Å². The van der Waals surface area contributed by atoms with Crippen LogP contribution in [-0.4, -0.2) is 29.0 Å². The lowest BCUT2D eigenvalue weighted by molar-refractivity contribution is 0.0903. The second kappa shape index (κ2) is 7.32. The van der Waals surface area contributed by atoms with Crippen LogP contribution in [0.3, 0.4) is 0 Å². The molecule has 4 rings (SSSR count). The number of fused-ring (bicyclic) bond motifs is 1. The highest BCUT2D eigenvalue weighted by Crippen LogP contribution is 2.38. The third-order valence-corrected chi connectivity index (χ3v) is 6.27. The van der Waals surface area contributed by atoms with Crippen LogP contribution in [0.5, 0.6) is 0 Å². The van der Waals surface area contributed by atoms with E-state index >= 15 is 0 Å². The zero-order valence-electron chi connectivity index (χ0n) is 15.8. The summed E-state index contributed by atoms with van der Waals surface area (Å²) in [5.74, 6) is -0.243. The number of rotatable bonds is 4. The highest BCUT2D eigenvalue weighted by molar-refractivity contribution is 7.14. The van der Waals surface area contributed by atoms with Crippen LogP contribution in [0.25, 0.3) is 11.3 Å². The van der Waals surface area contributed by atoms with Gasteiger partial charge in [0.1, 0.15) is 6.61 Å². The van der Waals surface area contributed by atoms with Gasteiger partial charge in [0.25, 0.3) is 0 Å². The summed E-state index contributed by atoms with van der Waals surface area (Å²) in [6.07, 6.45) is 0. The molecule has 2 heterocycles. The number of aliphatic hydroxyl groups is 1. The lowest BCUT2D eigenvalue weighted by Gasteiger charge is -2.40. The molecule has 0 saturated heterocycles. The minimum atomic E-state index is -0.462. The zero-order chi connectivity index (χ0) is 19.9. The van der Waals surface area contributed by atoms with Gasteiger partial charge in [0.2, 0.25) is 0 Å². The molecule has 6 heteroatoms. The number of carbonyl (C=O) groups excluding carboxylic acids is 1. The fourth-order valence-electron chi connectivity index (χ4n) is 3.76. The van der Waals surface area contributed by atoms with Crippen molar-refractivity contribution >= 4 is 33.9 Å². The van der Waals surface area contributed by atoms with Gasteiger partial charge in [-0.25, -0.2) is 4.98 Å². The number of thiazole rings is 1. The van der Waals surface area contributed by atoms with Crippen molar-refractivity contribution in [2.24, 2.45) is 0 Å². The molecule has 1 aromatic heterocycles. The number of carbonyl (C=O) groups is 1. The average Bonchev–Trinajstić information content (AvgIpc) is 3.17. The van der Waals surface area contributed by atoms with E-state index in [-0.39, 0.29) is 11.2 Å². The SMILES string of the molecule is CC1(C)CN(c2nc(-c3cccc(Cl)c3)cs2)Cc2ccc(C(=O)CO)cc21. The van der Waals surface area contributed by atoms with Crippen molar-refractivity contribution in [3.8, 4) is 11.3 Å². The first-order chi connectivity index (χ1) is 13.4. The Bertz CT molecular complexity index is 1040. The molecule has 0 atom stereocenters. The maximum Gasteiger partial charge on any atom is 0.188 e. The van der Waals surface area contributed by atoms with E-state index in [1.54, 1.807) is 17.4 Å². The van der Waals surface area contributed by atoms with Gasteiger partial charge in [-0.2, -0.15) is 0 Å². The minimum absolute atomic E-state index is 0.138. The summed E-state index contributed by atoms with van der Waals surface area (Å²) in [5.41, 5.74) is 4.72. The Labute approximate surface area is 173 Å². The first kappa shape index (κ1) is 19.1. The highest BCUT2D eigenvalue weighted by Gasteiger charge is 2.33. The maximum atomic E-state index is 11.9. The van der Waals surface area contributed by atoms with Gasteiger partial charge in [0, 0.05) is 40.0 Å². The number of halogens is 1. The summed E-state index contributed by atoms with van der Waals surface area (Å²) in [6, 6.07) is 13.5. The van der Waals surface area contributed by atoms with E-state index in [1.165, 1.54) is 5.56 Å². The van der Waals surface area contributed by atoms with Crippen LogP contribution in [0.15, 0.2) is 47.8 Å². The zero-order valence-corrected chi connectivity index (χ0v) is 17.3. The van der Waals surface area contributed by atoms with E-state index in [1.807, 2.05) is 36.4 Å². The van der Waals surface area contributed by atoms with Crippen LogP contribution in [0, 0.1) is 0 Å². The molecule has 0 saturated carbocycles. The number of hydrogen-bond acceptors (Lipinski definition) is 5. The molecule has 0 unspecified atom stereocenters. The van der Waals surface area contributed by atoms with Crippen molar-refractivity contribution in [3.63, 3.8) is 0 Å². The number of nitrogens with zero attached hydrogens (tertiary/aromatic N) is 2. The lowest BCUT2D eigenvalue weighted by Crippen LogP contribution is -2.42. The molecule has 0 aliphatic carbocycles. The van der Waals surface area contributed by atoms with Crippen LogP contribution in [-0.2, 0) is 12.0 Å². The van der Waals surface area contributed by atoms with Gasteiger partial charge in [0.15, 0.2) is 10.9 Å². The fraction of sp³-hybridized carbons (Fsp3) is 0.273. The summed E-state index contributed by atoms with van der Waals surface area (Å²) in [7, 11) is 0. The molecule has 4 nitrogen and oxygen atoms in total. The molecule has 3 aromatic rings. The summed E-state index contributed by atoms with van der Waals surface area (Å²) < 4.78 is 0. The van der Waals surface area contributed by atoms with Crippen molar-refractivity contribution < 1.29 is 9.90 Å². The number of benzene rings is 2. The molecular weight excluding hydrogens is 392 g/mol.